The first-order valence-corrected chi connectivity index (χ1v) is 5.80. The smallest absolute Gasteiger partial charge is 0.0946 e. The summed E-state index contributed by atoms with van der Waals surface area (Å²) in [5, 5.41) is 9.24. The molecule has 1 aromatic carbocycles. The van der Waals surface area contributed by atoms with Crippen LogP contribution in [-0.2, 0) is 17.9 Å². The molecule has 5 heteroatoms. The summed E-state index contributed by atoms with van der Waals surface area (Å²) >= 11 is 1.36. The van der Waals surface area contributed by atoms with Crippen molar-refractivity contribution in [3.8, 4) is 0 Å². The minimum atomic E-state index is 0.610. The quantitative estimate of drug-likeness (QED) is 0.863. The predicted octanol–water partition coefficient (Wildman–Crippen LogP) is 2.30. The van der Waals surface area contributed by atoms with Crippen LogP contribution in [0.2, 0.25) is 0 Å². The lowest BCUT2D eigenvalue weighted by molar-refractivity contribution is 0.185. The Bertz CT molecular complexity index is 431. The molecule has 0 bridgehead atoms. The highest BCUT2D eigenvalue weighted by molar-refractivity contribution is 7.03. The molecule has 2 rings (SSSR count). The van der Waals surface area contributed by atoms with Gasteiger partial charge in [-0.25, -0.2) is 0 Å². The van der Waals surface area contributed by atoms with Crippen LogP contribution in [0.15, 0.2) is 29.6 Å². The maximum atomic E-state index is 5.14. The molecule has 0 atom stereocenters. The Kier molecular flexibility index (Phi) is 3.85. The maximum Gasteiger partial charge on any atom is 0.0946 e. The van der Waals surface area contributed by atoms with Gasteiger partial charge in [-0.1, -0.05) is 22.7 Å². The van der Waals surface area contributed by atoms with Crippen LogP contribution < -0.4 is 5.32 Å². The number of aromatic nitrogens is 2. The van der Waals surface area contributed by atoms with Gasteiger partial charge in [-0.2, -0.15) is 0 Å². The van der Waals surface area contributed by atoms with Crippen molar-refractivity contribution in [3.63, 3.8) is 0 Å². The first-order valence-electron chi connectivity index (χ1n) is 4.97. The van der Waals surface area contributed by atoms with Gasteiger partial charge >= 0.3 is 0 Å². The van der Waals surface area contributed by atoms with E-state index in [-0.39, 0.29) is 0 Å². The van der Waals surface area contributed by atoms with Crippen molar-refractivity contribution >= 4 is 17.2 Å². The fourth-order valence-electron chi connectivity index (χ4n) is 1.42. The molecular weight excluding hydrogens is 222 g/mol. The third-order valence-corrected chi connectivity index (χ3v) is 2.74. The van der Waals surface area contributed by atoms with Gasteiger partial charge in [0.15, 0.2) is 0 Å². The third-order valence-electron chi connectivity index (χ3n) is 2.18. The van der Waals surface area contributed by atoms with E-state index in [2.05, 4.69) is 14.9 Å². The molecule has 0 fully saturated rings. The average Bonchev–Trinajstić information content (AvgIpc) is 2.81. The second-order valence-electron chi connectivity index (χ2n) is 3.34. The zero-order valence-electron chi connectivity index (χ0n) is 9.01. The van der Waals surface area contributed by atoms with E-state index in [0.717, 1.165) is 16.9 Å². The molecule has 1 aromatic heterocycles. The predicted molar refractivity (Wildman–Crippen MR) is 64.4 cm³/mol. The number of ether oxygens (including phenoxy) is 1. The van der Waals surface area contributed by atoms with E-state index in [4.69, 9.17) is 4.74 Å². The molecular formula is C11H13N3OS. The monoisotopic (exact) mass is 235 g/mol. The van der Waals surface area contributed by atoms with Crippen LogP contribution in [0.3, 0.4) is 0 Å². The maximum absolute atomic E-state index is 5.14. The van der Waals surface area contributed by atoms with E-state index < -0.39 is 0 Å². The Labute approximate surface area is 98.4 Å². The van der Waals surface area contributed by atoms with E-state index in [1.165, 1.54) is 11.5 Å². The highest BCUT2D eigenvalue weighted by Gasteiger charge is 2.01. The summed E-state index contributed by atoms with van der Waals surface area (Å²) in [6.45, 7) is 1.30. The molecule has 1 heterocycles. The van der Waals surface area contributed by atoms with Gasteiger partial charge in [-0.15, -0.1) is 5.10 Å². The normalized spacial score (nSPS) is 10.3. The first kappa shape index (κ1) is 11.0. The molecule has 16 heavy (non-hydrogen) atoms. The van der Waals surface area contributed by atoms with Gasteiger partial charge < -0.3 is 10.1 Å². The van der Waals surface area contributed by atoms with Crippen LogP contribution in [0.1, 0.15) is 11.3 Å². The summed E-state index contributed by atoms with van der Waals surface area (Å²) in [5.74, 6) is 0. The summed E-state index contributed by atoms with van der Waals surface area (Å²) in [7, 11) is 1.70. The summed E-state index contributed by atoms with van der Waals surface area (Å²) in [6.07, 6.45) is 0. The second-order valence-corrected chi connectivity index (χ2v) is 3.95. The standard InChI is InChI=1S/C11H13N3OS/c1-15-7-9-4-2-3-5-11(9)12-6-10-8-16-14-13-10/h2-5,8,12H,6-7H2,1H3. The fraction of sp³-hybridized carbons (Fsp3) is 0.273. The Hall–Kier alpha value is -1.46. The van der Waals surface area contributed by atoms with Gasteiger partial charge in [0.05, 0.1) is 18.8 Å². The molecule has 0 aliphatic heterocycles. The molecule has 0 spiro atoms. The van der Waals surface area contributed by atoms with E-state index in [1.807, 2.05) is 29.6 Å². The van der Waals surface area contributed by atoms with Crippen molar-refractivity contribution in [2.45, 2.75) is 13.2 Å². The van der Waals surface area contributed by atoms with Crippen LogP contribution in [0, 0.1) is 0 Å². The molecule has 1 N–H and O–H groups in total. The highest BCUT2D eigenvalue weighted by Crippen LogP contribution is 2.16. The van der Waals surface area contributed by atoms with Crippen LogP contribution in [0.25, 0.3) is 0 Å². The number of nitrogens with zero attached hydrogens (tertiary/aromatic N) is 2. The number of hydrogen-bond acceptors (Lipinski definition) is 5. The van der Waals surface area contributed by atoms with Crippen molar-refractivity contribution in [2.24, 2.45) is 0 Å². The molecule has 0 amide bonds. The van der Waals surface area contributed by atoms with Crippen molar-refractivity contribution in [2.75, 3.05) is 12.4 Å². The second kappa shape index (κ2) is 5.58. The molecule has 2 aromatic rings. The summed E-state index contributed by atoms with van der Waals surface area (Å²) in [6, 6.07) is 8.09. The van der Waals surface area contributed by atoms with Crippen LogP contribution in [-0.4, -0.2) is 16.7 Å². The van der Waals surface area contributed by atoms with Crippen molar-refractivity contribution < 1.29 is 4.74 Å². The van der Waals surface area contributed by atoms with E-state index in [1.54, 1.807) is 7.11 Å². The molecule has 0 saturated carbocycles. The van der Waals surface area contributed by atoms with Crippen LogP contribution in [0.5, 0.6) is 0 Å². The average molecular weight is 235 g/mol. The fourth-order valence-corrected chi connectivity index (χ4v) is 1.87. The van der Waals surface area contributed by atoms with Crippen LogP contribution in [0.4, 0.5) is 5.69 Å². The number of rotatable bonds is 5. The van der Waals surface area contributed by atoms with E-state index in [0.29, 0.717) is 13.2 Å². The molecule has 0 unspecified atom stereocenters. The van der Waals surface area contributed by atoms with Crippen molar-refractivity contribution in [1.29, 1.82) is 0 Å². The van der Waals surface area contributed by atoms with E-state index >= 15 is 0 Å². The molecule has 0 radical (unpaired) electrons. The minimum Gasteiger partial charge on any atom is -0.380 e. The van der Waals surface area contributed by atoms with Crippen molar-refractivity contribution in [3.05, 3.63) is 40.9 Å². The Morgan fingerprint density at radius 3 is 3.00 bits per heavy atom. The molecule has 0 saturated heterocycles. The lowest BCUT2D eigenvalue weighted by Gasteiger charge is -2.09. The van der Waals surface area contributed by atoms with Crippen molar-refractivity contribution in [1.82, 2.24) is 9.59 Å². The number of nitrogens with one attached hydrogen (secondary N) is 1. The zero-order chi connectivity index (χ0) is 11.2. The first-order chi connectivity index (χ1) is 7.90. The summed E-state index contributed by atoms with van der Waals surface area (Å²) in [4.78, 5) is 0. The van der Waals surface area contributed by atoms with Gasteiger partial charge in [0.25, 0.3) is 0 Å². The highest BCUT2D eigenvalue weighted by atomic mass is 32.1. The van der Waals surface area contributed by atoms with Gasteiger partial charge in [-0.05, 0) is 17.6 Å². The number of benzene rings is 1. The molecule has 0 aliphatic carbocycles. The largest absolute Gasteiger partial charge is 0.380 e. The SMILES string of the molecule is COCc1ccccc1NCc1csnn1. The lowest BCUT2D eigenvalue weighted by atomic mass is 10.2. The summed E-state index contributed by atoms with van der Waals surface area (Å²) in [5.41, 5.74) is 3.18. The number of para-hydroxylation sites is 1. The van der Waals surface area contributed by atoms with Gasteiger partial charge in [0.2, 0.25) is 0 Å². The number of methoxy groups -OCH3 is 1. The van der Waals surface area contributed by atoms with Gasteiger partial charge in [0.1, 0.15) is 0 Å². The third kappa shape index (κ3) is 2.77. The topological polar surface area (TPSA) is 47.0 Å². The Morgan fingerprint density at radius 2 is 2.25 bits per heavy atom. The van der Waals surface area contributed by atoms with Crippen LogP contribution >= 0.6 is 11.5 Å². The minimum absolute atomic E-state index is 0.610. The van der Waals surface area contributed by atoms with Gasteiger partial charge in [0, 0.05) is 23.7 Å². The molecule has 84 valence electrons. The number of hydrogen-bond donors (Lipinski definition) is 1. The van der Waals surface area contributed by atoms with Gasteiger partial charge in [-0.3, -0.25) is 0 Å². The Balaban J connectivity index is 2.03. The molecule has 4 nitrogen and oxygen atoms in total. The Morgan fingerprint density at radius 1 is 1.38 bits per heavy atom. The lowest BCUT2D eigenvalue weighted by Crippen LogP contribution is -2.03. The zero-order valence-corrected chi connectivity index (χ0v) is 9.83. The van der Waals surface area contributed by atoms with E-state index in [9.17, 15) is 0 Å². The summed E-state index contributed by atoms with van der Waals surface area (Å²) < 4.78 is 8.96. The molecule has 0 aliphatic rings. The number of anilines is 1.